The van der Waals surface area contributed by atoms with E-state index in [1.54, 1.807) is 42.3 Å². The van der Waals surface area contributed by atoms with Crippen LogP contribution in [-0.2, 0) is 16.1 Å². The molecule has 11 nitrogen and oxygen atoms in total. The molecule has 216 valence electrons. The average molecular weight is 569 g/mol. The highest BCUT2D eigenvalue weighted by Gasteiger charge is 2.25. The van der Waals surface area contributed by atoms with Gasteiger partial charge in [-0.1, -0.05) is 12.1 Å². The Bertz CT molecular complexity index is 1450. The maximum absolute atomic E-state index is 13.3. The van der Waals surface area contributed by atoms with Crippen molar-refractivity contribution in [2.75, 3.05) is 25.5 Å². The van der Waals surface area contributed by atoms with Gasteiger partial charge < -0.3 is 24.3 Å². The zero-order valence-corrected chi connectivity index (χ0v) is 23.1. The van der Waals surface area contributed by atoms with Crippen LogP contribution in [0, 0.1) is 0 Å². The van der Waals surface area contributed by atoms with Gasteiger partial charge in [0.1, 0.15) is 5.60 Å². The molecule has 3 amide bonds. The third-order valence-electron chi connectivity index (χ3n) is 6.14. The van der Waals surface area contributed by atoms with Gasteiger partial charge in [0.15, 0.2) is 0 Å². The van der Waals surface area contributed by atoms with Crippen LogP contribution in [0.25, 0.3) is 17.0 Å². The zero-order valence-electron chi connectivity index (χ0n) is 23.1. The van der Waals surface area contributed by atoms with E-state index < -0.39 is 17.9 Å². The van der Waals surface area contributed by atoms with Crippen molar-refractivity contribution in [1.29, 1.82) is 0 Å². The first-order valence-corrected chi connectivity index (χ1v) is 12.8. The number of carbonyl (C=O) groups is 3. The maximum atomic E-state index is 13.3. The number of amides is 3. The summed E-state index contributed by atoms with van der Waals surface area (Å²) in [4.78, 5) is 44.3. The predicted octanol–water partition coefficient (Wildman–Crippen LogP) is 4.93. The minimum absolute atomic E-state index is 0.0842. The second-order valence-corrected chi connectivity index (χ2v) is 10.4. The standard InChI is InChI=1S/C28H30F2N6O5/c1-28(2,3)41-27(39)36-11-9-17(10-12-36)18-6-8-21(22(13-18)32-16-37)26(38)35(4)15-20-7-5-19(14-31-20)24-33-34-25(40-24)23(29)30/h5-9,13-14,16,23H,10-12,15H2,1-4H3,(H,32,37). The largest absolute Gasteiger partial charge is 0.444 e. The number of alkyl halides is 2. The van der Waals surface area contributed by atoms with Crippen LogP contribution in [-0.4, -0.2) is 69.1 Å². The highest BCUT2D eigenvalue weighted by atomic mass is 19.3. The van der Waals surface area contributed by atoms with Crippen LogP contribution in [0.1, 0.15) is 61.1 Å². The molecule has 0 atom stereocenters. The second kappa shape index (κ2) is 12.2. The fourth-order valence-electron chi connectivity index (χ4n) is 4.14. The van der Waals surface area contributed by atoms with E-state index in [0.29, 0.717) is 42.9 Å². The highest BCUT2D eigenvalue weighted by molar-refractivity contribution is 6.01. The van der Waals surface area contributed by atoms with E-state index in [1.165, 1.54) is 11.1 Å². The molecule has 13 heteroatoms. The number of hydrogen-bond donors (Lipinski definition) is 1. The van der Waals surface area contributed by atoms with Gasteiger partial charge in [-0.05, 0) is 62.6 Å². The predicted molar refractivity (Wildman–Crippen MR) is 145 cm³/mol. The van der Waals surface area contributed by atoms with E-state index in [1.807, 2.05) is 26.8 Å². The number of rotatable bonds is 8. The molecule has 3 aromatic rings. The van der Waals surface area contributed by atoms with Gasteiger partial charge in [0.25, 0.3) is 11.8 Å². The number of ether oxygens (including phenoxy) is 1. The smallest absolute Gasteiger partial charge is 0.410 e. The molecule has 0 fully saturated rings. The molecular formula is C28H30F2N6O5. The Morgan fingerprint density at radius 2 is 1.95 bits per heavy atom. The first-order chi connectivity index (χ1) is 19.4. The van der Waals surface area contributed by atoms with Crippen molar-refractivity contribution in [2.24, 2.45) is 0 Å². The molecule has 1 aliphatic rings. The Morgan fingerprint density at radius 3 is 2.54 bits per heavy atom. The molecule has 0 bridgehead atoms. The Morgan fingerprint density at radius 1 is 1.20 bits per heavy atom. The summed E-state index contributed by atoms with van der Waals surface area (Å²) in [5.41, 5.74) is 2.76. The van der Waals surface area contributed by atoms with Gasteiger partial charge in [-0.3, -0.25) is 14.6 Å². The molecule has 1 N–H and O–H groups in total. The van der Waals surface area contributed by atoms with Crippen LogP contribution in [0.2, 0.25) is 0 Å². The number of nitrogens with zero attached hydrogens (tertiary/aromatic N) is 5. The van der Waals surface area contributed by atoms with Gasteiger partial charge in [-0.2, -0.15) is 8.78 Å². The quantitative estimate of drug-likeness (QED) is 0.379. The number of pyridine rings is 1. The summed E-state index contributed by atoms with van der Waals surface area (Å²) in [6.07, 6.45) is 1.17. The van der Waals surface area contributed by atoms with E-state index in [0.717, 1.165) is 11.1 Å². The fourth-order valence-corrected chi connectivity index (χ4v) is 4.14. The molecule has 1 aliphatic heterocycles. The van der Waals surface area contributed by atoms with E-state index in [-0.39, 0.29) is 30.0 Å². The van der Waals surface area contributed by atoms with Crippen LogP contribution in [0.5, 0.6) is 0 Å². The van der Waals surface area contributed by atoms with Crippen LogP contribution in [0.4, 0.5) is 19.3 Å². The normalized spacial score (nSPS) is 13.5. The first kappa shape index (κ1) is 29.3. The van der Waals surface area contributed by atoms with E-state index >= 15 is 0 Å². The lowest BCUT2D eigenvalue weighted by molar-refractivity contribution is -0.105. The fraction of sp³-hybridized carbons (Fsp3) is 0.357. The van der Waals surface area contributed by atoms with Crippen molar-refractivity contribution >= 4 is 29.7 Å². The van der Waals surface area contributed by atoms with Gasteiger partial charge in [0, 0.05) is 26.3 Å². The Balaban J connectivity index is 1.44. The van der Waals surface area contributed by atoms with Crippen molar-refractivity contribution in [2.45, 2.75) is 45.8 Å². The van der Waals surface area contributed by atoms with Gasteiger partial charge in [0.05, 0.1) is 29.1 Å². The van der Waals surface area contributed by atoms with Crippen LogP contribution in [0.15, 0.2) is 47.0 Å². The lowest BCUT2D eigenvalue weighted by Crippen LogP contribution is -2.39. The molecule has 3 heterocycles. The number of halogens is 2. The molecule has 0 radical (unpaired) electrons. The highest BCUT2D eigenvalue weighted by Crippen LogP contribution is 2.29. The molecule has 0 unspecified atom stereocenters. The Labute approximate surface area is 235 Å². The van der Waals surface area contributed by atoms with Crippen molar-refractivity contribution in [3.63, 3.8) is 0 Å². The maximum Gasteiger partial charge on any atom is 0.410 e. The topological polar surface area (TPSA) is 131 Å². The molecule has 0 saturated carbocycles. The Hall–Kier alpha value is -4.68. The number of carbonyl (C=O) groups excluding carboxylic acids is 3. The number of benzene rings is 1. The first-order valence-electron chi connectivity index (χ1n) is 12.8. The van der Waals surface area contributed by atoms with Gasteiger partial charge in [0.2, 0.25) is 12.3 Å². The van der Waals surface area contributed by atoms with E-state index in [4.69, 9.17) is 9.15 Å². The molecule has 0 saturated heterocycles. The summed E-state index contributed by atoms with van der Waals surface area (Å²) >= 11 is 0. The summed E-state index contributed by atoms with van der Waals surface area (Å²) in [5, 5.41) is 9.50. The van der Waals surface area contributed by atoms with Crippen molar-refractivity contribution in [3.8, 4) is 11.5 Å². The summed E-state index contributed by atoms with van der Waals surface area (Å²) in [5.74, 6) is -1.21. The monoisotopic (exact) mass is 568 g/mol. The van der Waals surface area contributed by atoms with E-state index in [2.05, 4.69) is 20.5 Å². The van der Waals surface area contributed by atoms with Gasteiger partial charge in [-0.25, -0.2) is 4.79 Å². The van der Waals surface area contributed by atoms with Crippen molar-refractivity contribution < 1.29 is 32.3 Å². The van der Waals surface area contributed by atoms with Crippen molar-refractivity contribution in [1.82, 2.24) is 25.0 Å². The molecule has 0 aliphatic carbocycles. The van der Waals surface area contributed by atoms with Gasteiger partial charge in [-0.15, -0.1) is 10.2 Å². The summed E-state index contributed by atoms with van der Waals surface area (Å²) in [7, 11) is 1.60. The van der Waals surface area contributed by atoms with Crippen LogP contribution >= 0.6 is 0 Å². The summed E-state index contributed by atoms with van der Waals surface area (Å²) in [6.45, 7) is 6.45. The minimum Gasteiger partial charge on any atom is -0.444 e. The molecule has 0 spiro atoms. The number of nitrogens with one attached hydrogen (secondary N) is 1. The SMILES string of the molecule is CN(Cc1ccc(-c2nnc(C(F)F)o2)cn1)C(=O)c1ccc(C2=CCN(C(=O)OC(C)(C)C)CC2)cc1NC=O. The summed E-state index contributed by atoms with van der Waals surface area (Å²) < 4.78 is 35.8. The summed E-state index contributed by atoms with van der Waals surface area (Å²) in [6, 6.07) is 8.38. The number of hydrogen-bond acceptors (Lipinski definition) is 8. The minimum atomic E-state index is -2.87. The second-order valence-electron chi connectivity index (χ2n) is 10.4. The number of aromatic nitrogens is 3. The molecule has 4 rings (SSSR count). The molecule has 2 aromatic heterocycles. The third-order valence-corrected chi connectivity index (χ3v) is 6.14. The third kappa shape index (κ3) is 7.29. The molecule has 1 aromatic carbocycles. The number of anilines is 1. The van der Waals surface area contributed by atoms with Crippen molar-refractivity contribution in [3.05, 3.63) is 65.3 Å². The van der Waals surface area contributed by atoms with Crippen LogP contribution in [0.3, 0.4) is 0 Å². The van der Waals surface area contributed by atoms with Crippen LogP contribution < -0.4 is 5.32 Å². The molecular weight excluding hydrogens is 538 g/mol. The zero-order chi connectivity index (χ0) is 29.7. The van der Waals surface area contributed by atoms with Gasteiger partial charge >= 0.3 is 12.5 Å². The lowest BCUT2D eigenvalue weighted by atomic mass is 9.97. The van der Waals surface area contributed by atoms with E-state index in [9.17, 15) is 23.2 Å². The lowest BCUT2D eigenvalue weighted by Gasteiger charge is -2.29. The molecule has 41 heavy (non-hydrogen) atoms. The Kier molecular flexibility index (Phi) is 8.74. The average Bonchev–Trinajstić information content (AvgIpc) is 3.43.